The van der Waals surface area contributed by atoms with Crippen LogP contribution in [0.15, 0.2) is 0 Å². The van der Waals surface area contributed by atoms with E-state index in [1.165, 1.54) is 7.11 Å². The van der Waals surface area contributed by atoms with Crippen LogP contribution < -0.4 is 5.32 Å². The molecule has 0 bridgehead atoms. The van der Waals surface area contributed by atoms with Gasteiger partial charge in [0.1, 0.15) is 18.3 Å². The number of methoxy groups -OCH3 is 1. The van der Waals surface area contributed by atoms with Gasteiger partial charge in [0.05, 0.1) is 12.6 Å². The Labute approximate surface area is 112 Å². The zero-order valence-electron chi connectivity index (χ0n) is 10.6. The van der Waals surface area contributed by atoms with Crippen molar-refractivity contribution in [3.8, 4) is 0 Å². The highest BCUT2D eigenvalue weighted by Gasteiger charge is 2.48. The number of ether oxygens (including phenoxy) is 4. The molecule has 2 N–H and O–H groups in total. The Hall–Kier alpha value is 0.110. The number of hydrogen-bond acceptors (Lipinski definition) is 7. The Morgan fingerprint density at radius 3 is 2.89 bits per heavy atom. The van der Waals surface area contributed by atoms with E-state index in [9.17, 15) is 5.11 Å². The Balaban J connectivity index is 2.08. The number of fused-ring (bicyclic) bond motifs is 1. The number of aliphatic hydroxyl groups excluding tert-OH is 1. The SMILES string of the molecule is COC1OC2COC(C)OC2C(NCCS)C1O. The fourth-order valence-corrected chi connectivity index (χ4v) is 2.51. The van der Waals surface area contributed by atoms with Gasteiger partial charge in [0.15, 0.2) is 12.6 Å². The smallest absolute Gasteiger partial charge is 0.185 e. The molecule has 2 heterocycles. The molecule has 7 heteroatoms. The molecular formula is C11H21NO5S. The third-order valence-corrected chi connectivity index (χ3v) is 3.47. The minimum absolute atomic E-state index is 0.230. The summed E-state index contributed by atoms with van der Waals surface area (Å²) in [5.74, 6) is 0.686. The summed E-state index contributed by atoms with van der Waals surface area (Å²) in [6.07, 6.45) is -2.20. The molecule has 0 radical (unpaired) electrons. The summed E-state index contributed by atoms with van der Waals surface area (Å²) in [5.41, 5.74) is 0. The first-order valence-electron chi connectivity index (χ1n) is 6.15. The van der Waals surface area contributed by atoms with Gasteiger partial charge in [-0.1, -0.05) is 0 Å². The summed E-state index contributed by atoms with van der Waals surface area (Å²) in [4.78, 5) is 0. The van der Waals surface area contributed by atoms with Gasteiger partial charge in [-0.3, -0.25) is 0 Å². The first-order chi connectivity index (χ1) is 8.67. The van der Waals surface area contributed by atoms with Crippen molar-refractivity contribution in [1.29, 1.82) is 0 Å². The van der Waals surface area contributed by atoms with Gasteiger partial charge in [-0.15, -0.1) is 0 Å². The summed E-state index contributed by atoms with van der Waals surface area (Å²) < 4.78 is 21.9. The highest BCUT2D eigenvalue weighted by molar-refractivity contribution is 7.80. The normalized spacial score (nSPS) is 44.7. The molecule has 6 atom stereocenters. The van der Waals surface area contributed by atoms with Crippen molar-refractivity contribution < 1.29 is 24.1 Å². The average Bonchev–Trinajstić information content (AvgIpc) is 2.37. The monoisotopic (exact) mass is 279 g/mol. The highest BCUT2D eigenvalue weighted by atomic mass is 32.1. The lowest BCUT2D eigenvalue weighted by molar-refractivity contribution is -0.334. The van der Waals surface area contributed by atoms with Gasteiger partial charge in [-0.05, 0) is 6.92 Å². The van der Waals surface area contributed by atoms with Gasteiger partial charge < -0.3 is 29.4 Å². The molecule has 0 spiro atoms. The van der Waals surface area contributed by atoms with Crippen LogP contribution in [-0.4, -0.2) is 68.1 Å². The van der Waals surface area contributed by atoms with Crippen LogP contribution in [-0.2, 0) is 18.9 Å². The van der Waals surface area contributed by atoms with Crippen LogP contribution in [0.4, 0.5) is 0 Å². The fraction of sp³-hybridized carbons (Fsp3) is 1.00. The quantitative estimate of drug-likeness (QED) is 0.595. The van der Waals surface area contributed by atoms with Crippen molar-refractivity contribution >= 4 is 12.6 Å². The van der Waals surface area contributed by atoms with Crippen LogP contribution in [0.1, 0.15) is 6.92 Å². The molecule has 0 aromatic rings. The Morgan fingerprint density at radius 2 is 2.22 bits per heavy atom. The molecule has 6 unspecified atom stereocenters. The van der Waals surface area contributed by atoms with Gasteiger partial charge in [-0.25, -0.2) is 0 Å². The van der Waals surface area contributed by atoms with Crippen LogP contribution in [0, 0.1) is 0 Å². The second-order valence-electron chi connectivity index (χ2n) is 4.47. The standard InChI is InChI=1S/C11H21NO5S/c1-6-15-5-7-10(16-6)8(12-3-4-18)9(13)11(14-2)17-7/h6-13,18H,3-5H2,1-2H3. The van der Waals surface area contributed by atoms with Crippen LogP contribution in [0.25, 0.3) is 0 Å². The maximum absolute atomic E-state index is 10.2. The first kappa shape index (κ1) is 14.5. The summed E-state index contributed by atoms with van der Waals surface area (Å²) in [5, 5.41) is 13.5. The van der Waals surface area contributed by atoms with Gasteiger partial charge in [0.25, 0.3) is 0 Å². The lowest BCUT2D eigenvalue weighted by atomic mass is 9.95. The topological polar surface area (TPSA) is 69.2 Å². The van der Waals surface area contributed by atoms with Gasteiger partial charge in [0, 0.05) is 19.4 Å². The Morgan fingerprint density at radius 1 is 1.44 bits per heavy atom. The number of nitrogens with one attached hydrogen (secondary N) is 1. The van der Waals surface area contributed by atoms with Crippen LogP contribution >= 0.6 is 12.6 Å². The van der Waals surface area contributed by atoms with Crippen molar-refractivity contribution in [2.24, 2.45) is 0 Å². The number of aliphatic hydroxyl groups is 1. The van der Waals surface area contributed by atoms with Gasteiger partial charge in [0.2, 0.25) is 0 Å². The molecule has 2 aliphatic heterocycles. The van der Waals surface area contributed by atoms with Crippen molar-refractivity contribution in [1.82, 2.24) is 5.32 Å². The Bertz CT molecular complexity index is 270. The molecule has 106 valence electrons. The largest absolute Gasteiger partial charge is 0.386 e. The van der Waals surface area contributed by atoms with E-state index in [0.717, 1.165) is 0 Å². The second kappa shape index (κ2) is 6.51. The molecule has 6 nitrogen and oxygen atoms in total. The van der Waals surface area contributed by atoms with E-state index in [1.54, 1.807) is 0 Å². The van der Waals surface area contributed by atoms with Crippen LogP contribution in [0.3, 0.4) is 0 Å². The van der Waals surface area contributed by atoms with E-state index in [4.69, 9.17) is 18.9 Å². The summed E-state index contributed by atoms with van der Waals surface area (Å²) in [7, 11) is 1.51. The fourth-order valence-electron chi connectivity index (χ4n) is 2.39. The molecule has 2 rings (SSSR count). The minimum atomic E-state index is -0.776. The van der Waals surface area contributed by atoms with Crippen LogP contribution in [0.2, 0.25) is 0 Å². The second-order valence-corrected chi connectivity index (χ2v) is 4.92. The van der Waals surface area contributed by atoms with Crippen molar-refractivity contribution in [3.05, 3.63) is 0 Å². The van der Waals surface area contributed by atoms with E-state index < -0.39 is 12.4 Å². The summed E-state index contributed by atoms with van der Waals surface area (Å²) >= 11 is 4.16. The molecule has 2 saturated heterocycles. The van der Waals surface area contributed by atoms with E-state index in [-0.39, 0.29) is 24.5 Å². The zero-order chi connectivity index (χ0) is 13.1. The molecule has 0 aliphatic carbocycles. The third-order valence-electron chi connectivity index (χ3n) is 3.24. The molecule has 2 aliphatic rings. The predicted molar refractivity (Wildman–Crippen MR) is 67.6 cm³/mol. The number of rotatable bonds is 4. The summed E-state index contributed by atoms with van der Waals surface area (Å²) in [6, 6.07) is -0.243. The summed E-state index contributed by atoms with van der Waals surface area (Å²) in [6.45, 7) is 2.96. The predicted octanol–water partition coefficient (Wildman–Crippen LogP) is -0.632. The van der Waals surface area contributed by atoms with E-state index >= 15 is 0 Å². The van der Waals surface area contributed by atoms with E-state index in [1.807, 2.05) is 6.92 Å². The molecule has 0 saturated carbocycles. The van der Waals surface area contributed by atoms with E-state index in [0.29, 0.717) is 18.9 Å². The van der Waals surface area contributed by atoms with E-state index in [2.05, 4.69) is 17.9 Å². The van der Waals surface area contributed by atoms with Crippen molar-refractivity contribution in [2.45, 2.75) is 43.9 Å². The lowest BCUT2D eigenvalue weighted by Gasteiger charge is -2.47. The third kappa shape index (κ3) is 2.98. The van der Waals surface area contributed by atoms with Crippen molar-refractivity contribution in [3.63, 3.8) is 0 Å². The number of hydrogen-bond donors (Lipinski definition) is 3. The average molecular weight is 279 g/mol. The molecule has 0 aromatic heterocycles. The molecular weight excluding hydrogens is 258 g/mol. The Kier molecular flexibility index (Phi) is 5.25. The maximum atomic E-state index is 10.2. The maximum Gasteiger partial charge on any atom is 0.185 e. The molecule has 0 amide bonds. The minimum Gasteiger partial charge on any atom is -0.386 e. The lowest BCUT2D eigenvalue weighted by Crippen LogP contribution is -2.67. The van der Waals surface area contributed by atoms with Gasteiger partial charge >= 0.3 is 0 Å². The molecule has 2 fully saturated rings. The number of thiol groups is 1. The zero-order valence-corrected chi connectivity index (χ0v) is 11.5. The molecule has 18 heavy (non-hydrogen) atoms. The molecule has 0 aromatic carbocycles. The van der Waals surface area contributed by atoms with Gasteiger partial charge in [-0.2, -0.15) is 12.6 Å². The first-order valence-corrected chi connectivity index (χ1v) is 6.78. The van der Waals surface area contributed by atoms with Crippen molar-refractivity contribution in [2.75, 3.05) is 26.0 Å². The van der Waals surface area contributed by atoms with Crippen LogP contribution in [0.5, 0.6) is 0 Å². The highest BCUT2D eigenvalue weighted by Crippen LogP contribution is 2.28.